The predicted octanol–water partition coefficient (Wildman–Crippen LogP) is 6.36. The van der Waals surface area contributed by atoms with Gasteiger partial charge in [0.05, 0.1) is 23.7 Å². The second-order valence-corrected chi connectivity index (χ2v) is 8.60. The lowest BCUT2D eigenvalue weighted by Gasteiger charge is -2.16. The molecule has 3 aromatic carbocycles. The Hall–Kier alpha value is -3.57. The smallest absolute Gasteiger partial charge is 0.244 e. The normalized spacial score (nSPS) is 12.2. The van der Waals surface area contributed by atoms with Crippen LogP contribution in [0, 0.1) is 6.92 Å². The minimum Gasteiger partial charge on any atom is -0.494 e. The number of fused-ring (bicyclic) bond motifs is 1. The van der Waals surface area contributed by atoms with Crippen LogP contribution in [0.3, 0.4) is 0 Å². The Kier molecular flexibility index (Phi) is 7.65. The number of carbonyl (C=O) groups is 1. The molecule has 6 heteroatoms. The molecule has 0 bridgehead atoms. The van der Waals surface area contributed by atoms with Gasteiger partial charge in [0, 0.05) is 17.6 Å². The molecule has 0 aliphatic carbocycles. The fourth-order valence-electron chi connectivity index (χ4n) is 3.84. The number of nitrogens with zero attached hydrogens (tertiary/aromatic N) is 2. The van der Waals surface area contributed by atoms with Gasteiger partial charge < -0.3 is 14.6 Å². The number of hydrogen-bond acceptors (Lipinski definition) is 3. The number of amides is 1. The fourth-order valence-corrected chi connectivity index (χ4v) is 3.96. The summed E-state index contributed by atoms with van der Waals surface area (Å²) in [5.41, 5.74) is 3.93. The van der Waals surface area contributed by atoms with Crippen LogP contribution < -0.4 is 10.1 Å². The monoisotopic (exact) mass is 473 g/mol. The van der Waals surface area contributed by atoms with Crippen LogP contribution in [-0.4, -0.2) is 22.1 Å². The first-order valence-electron chi connectivity index (χ1n) is 11.4. The maximum absolute atomic E-state index is 12.5. The van der Waals surface area contributed by atoms with Gasteiger partial charge in [-0.1, -0.05) is 54.1 Å². The zero-order valence-electron chi connectivity index (χ0n) is 19.4. The highest BCUT2D eigenvalue weighted by atomic mass is 35.5. The van der Waals surface area contributed by atoms with Gasteiger partial charge in [-0.3, -0.25) is 4.79 Å². The third kappa shape index (κ3) is 5.86. The van der Waals surface area contributed by atoms with E-state index in [-0.39, 0.29) is 11.9 Å². The number of hydrogen-bond donors (Lipinski definition) is 1. The maximum atomic E-state index is 12.5. The number of ether oxygens (including phenoxy) is 1. The molecule has 0 radical (unpaired) electrons. The van der Waals surface area contributed by atoms with Crippen LogP contribution in [0.25, 0.3) is 17.1 Å². The molecule has 1 N–H and O–H groups in total. The molecule has 1 amide bonds. The van der Waals surface area contributed by atoms with Gasteiger partial charge in [-0.15, -0.1) is 0 Å². The number of halogens is 1. The van der Waals surface area contributed by atoms with E-state index in [0.29, 0.717) is 6.61 Å². The molecule has 1 heterocycles. The van der Waals surface area contributed by atoms with E-state index in [1.165, 1.54) is 0 Å². The summed E-state index contributed by atoms with van der Waals surface area (Å²) in [7, 11) is 0. The second-order valence-electron chi connectivity index (χ2n) is 8.20. The Morgan fingerprint density at radius 3 is 2.68 bits per heavy atom. The van der Waals surface area contributed by atoms with E-state index in [0.717, 1.165) is 51.7 Å². The van der Waals surface area contributed by atoms with Crippen LogP contribution in [0.1, 0.15) is 36.3 Å². The van der Waals surface area contributed by atoms with Crippen molar-refractivity contribution in [3.63, 3.8) is 0 Å². The highest BCUT2D eigenvalue weighted by molar-refractivity contribution is 6.31. The molecule has 0 aliphatic rings. The van der Waals surface area contributed by atoms with Gasteiger partial charge in [-0.25, -0.2) is 4.98 Å². The van der Waals surface area contributed by atoms with Crippen molar-refractivity contribution < 1.29 is 9.53 Å². The molecular weight excluding hydrogens is 446 g/mol. The Labute approximate surface area is 205 Å². The molecule has 4 aromatic rings. The number of aromatic nitrogens is 2. The van der Waals surface area contributed by atoms with Gasteiger partial charge in [-0.05, 0) is 67.8 Å². The average molecular weight is 474 g/mol. The zero-order chi connectivity index (χ0) is 23.9. The summed E-state index contributed by atoms with van der Waals surface area (Å²) in [6.45, 7) is 5.21. The van der Waals surface area contributed by atoms with Crippen LogP contribution in [-0.2, 0) is 11.3 Å². The SMILES string of the molecule is Cc1cc(OCCCn2c(C(C)NC(=O)/C=C\c3ccccc3)nc3ccccc32)ccc1Cl. The summed E-state index contributed by atoms with van der Waals surface area (Å²) < 4.78 is 8.08. The molecule has 34 heavy (non-hydrogen) atoms. The van der Waals surface area contributed by atoms with Crippen LogP contribution in [0.4, 0.5) is 0 Å². The third-order valence-corrected chi connectivity index (χ3v) is 6.01. The average Bonchev–Trinajstić information content (AvgIpc) is 3.22. The highest BCUT2D eigenvalue weighted by Crippen LogP contribution is 2.23. The van der Waals surface area contributed by atoms with Crippen molar-refractivity contribution in [2.45, 2.75) is 32.9 Å². The first-order valence-corrected chi connectivity index (χ1v) is 11.8. The first-order chi connectivity index (χ1) is 16.5. The van der Waals surface area contributed by atoms with E-state index in [4.69, 9.17) is 21.3 Å². The second kappa shape index (κ2) is 11.0. The molecule has 4 rings (SSSR count). The van der Waals surface area contributed by atoms with Gasteiger partial charge in [0.25, 0.3) is 0 Å². The van der Waals surface area contributed by atoms with E-state index < -0.39 is 0 Å². The molecule has 174 valence electrons. The standard InChI is InChI=1S/C28H28ClN3O2/c1-20-19-23(14-15-24(20)29)34-18-8-17-32-26-12-7-6-11-25(26)31-28(32)21(2)30-27(33)16-13-22-9-4-3-5-10-22/h3-7,9-16,19,21H,8,17-18H2,1-2H3,(H,30,33)/b16-13-. The van der Waals surface area contributed by atoms with Crippen molar-refractivity contribution in [3.8, 4) is 5.75 Å². The largest absolute Gasteiger partial charge is 0.494 e. The molecule has 0 saturated heterocycles. The fraction of sp³-hybridized carbons (Fsp3) is 0.214. The summed E-state index contributed by atoms with van der Waals surface area (Å²) in [6.07, 6.45) is 4.16. The van der Waals surface area contributed by atoms with Crippen LogP contribution in [0.15, 0.2) is 78.9 Å². The molecular formula is C28H28ClN3O2. The van der Waals surface area contributed by atoms with E-state index >= 15 is 0 Å². The summed E-state index contributed by atoms with van der Waals surface area (Å²) >= 11 is 6.10. The number of aryl methyl sites for hydroxylation is 2. The lowest BCUT2D eigenvalue weighted by molar-refractivity contribution is -0.117. The van der Waals surface area contributed by atoms with E-state index in [9.17, 15) is 4.79 Å². The Morgan fingerprint density at radius 2 is 1.88 bits per heavy atom. The minimum absolute atomic E-state index is 0.156. The van der Waals surface area contributed by atoms with Gasteiger partial charge in [-0.2, -0.15) is 0 Å². The zero-order valence-corrected chi connectivity index (χ0v) is 20.1. The van der Waals surface area contributed by atoms with Crippen molar-refractivity contribution in [1.82, 2.24) is 14.9 Å². The summed E-state index contributed by atoms with van der Waals surface area (Å²) in [5.74, 6) is 1.48. The van der Waals surface area contributed by atoms with Gasteiger partial charge in [0.2, 0.25) is 5.91 Å². The van der Waals surface area contributed by atoms with E-state index in [2.05, 4.69) is 16.0 Å². The molecule has 0 spiro atoms. The number of carbonyl (C=O) groups excluding carboxylic acids is 1. The number of nitrogens with one attached hydrogen (secondary N) is 1. The Morgan fingerprint density at radius 1 is 1.12 bits per heavy atom. The number of benzene rings is 3. The lowest BCUT2D eigenvalue weighted by atomic mass is 10.2. The molecule has 5 nitrogen and oxygen atoms in total. The highest BCUT2D eigenvalue weighted by Gasteiger charge is 2.17. The summed E-state index contributed by atoms with van der Waals surface area (Å²) in [4.78, 5) is 17.3. The van der Waals surface area contributed by atoms with Crippen LogP contribution >= 0.6 is 11.6 Å². The van der Waals surface area contributed by atoms with Crippen molar-refractivity contribution in [3.05, 3.63) is 101 Å². The summed E-state index contributed by atoms with van der Waals surface area (Å²) in [5, 5.41) is 3.78. The molecule has 0 fully saturated rings. The van der Waals surface area contributed by atoms with Crippen molar-refractivity contribution >= 4 is 34.6 Å². The Balaban J connectivity index is 1.43. The van der Waals surface area contributed by atoms with Gasteiger partial charge in [0.15, 0.2) is 0 Å². The molecule has 0 aliphatic heterocycles. The van der Waals surface area contributed by atoms with E-state index in [1.54, 1.807) is 12.2 Å². The topological polar surface area (TPSA) is 56.1 Å². The van der Waals surface area contributed by atoms with Gasteiger partial charge >= 0.3 is 0 Å². The lowest BCUT2D eigenvalue weighted by Crippen LogP contribution is -2.27. The Bertz CT molecular complexity index is 1300. The predicted molar refractivity (Wildman–Crippen MR) is 138 cm³/mol. The number of imidazole rings is 1. The summed E-state index contributed by atoms with van der Waals surface area (Å²) in [6, 6.07) is 23.2. The quantitative estimate of drug-likeness (QED) is 0.227. The molecule has 1 atom stereocenters. The van der Waals surface area contributed by atoms with Crippen LogP contribution in [0.5, 0.6) is 5.75 Å². The number of para-hydroxylation sites is 2. The molecule has 1 aromatic heterocycles. The van der Waals surface area contributed by atoms with Gasteiger partial charge in [0.1, 0.15) is 11.6 Å². The number of rotatable bonds is 9. The molecule has 1 unspecified atom stereocenters. The van der Waals surface area contributed by atoms with Crippen molar-refractivity contribution in [1.29, 1.82) is 0 Å². The van der Waals surface area contributed by atoms with Crippen molar-refractivity contribution in [2.24, 2.45) is 0 Å². The van der Waals surface area contributed by atoms with Crippen molar-refractivity contribution in [2.75, 3.05) is 6.61 Å². The third-order valence-electron chi connectivity index (χ3n) is 5.58. The molecule has 0 saturated carbocycles. The first kappa shape index (κ1) is 23.6. The van der Waals surface area contributed by atoms with Crippen LogP contribution in [0.2, 0.25) is 5.02 Å². The maximum Gasteiger partial charge on any atom is 0.244 e. The van der Waals surface area contributed by atoms with E-state index in [1.807, 2.05) is 80.6 Å². The minimum atomic E-state index is -0.250.